The predicted octanol–water partition coefficient (Wildman–Crippen LogP) is 2.57. The predicted molar refractivity (Wildman–Crippen MR) is 94.4 cm³/mol. The van der Waals surface area contributed by atoms with E-state index in [4.69, 9.17) is 18.8 Å². The third-order valence-corrected chi connectivity index (χ3v) is 4.49. The maximum atomic E-state index is 11.6. The molecular weight excluding hydrogens is 307 g/mol. The molecule has 1 aromatic rings. The molecule has 0 aliphatic carbocycles. The Balaban J connectivity index is 2.35. The zero-order valence-corrected chi connectivity index (χ0v) is 15.2. The van der Waals surface area contributed by atoms with Gasteiger partial charge in [0, 0.05) is 6.08 Å². The molecule has 1 aliphatic heterocycles. The van der Waals surface area contributed by atoms with E-state index < -0.39 is 18.3 Å². The summed E-state index contributed by atoms with van der Waals surface area (Å²) >= 11 is 0. The molecule has 5 nitrogen and oxygen atoms in total. The van der Waals surface area contributed by atoms with Crippen LogP contribution in [0.25, 0.3) is 6.08 Å². The monoisotopic (exact) mass is 332 g/mol. The molecule has 1 heterocycles. The summed E-state index contributed by atoms with van der Waals surface area (Å²) in [7, 11) is 1.09. The fraction of sp³-hybridized carbons (Fsp3) is 0.500. The molecule has 1 aromatic carbocycles. The van der Waals surface area contributed by atoms with Crippen LogP contribution in [-0.2, 0) is 18.8 Å². The number of methoxy groups -OCH3 is 1. The van der Waals surface area contributed by atoms with Gasteiger partial charge in [-0.15, -0.1) is 0 Å². The van der Waals surface area contributed by atoms with Crippen molar-refractivity contribution in [2.24, 2.45) is 0 Å². The molecule has 0 saturated carbocycles. The molecule has 1 aliphatic rings. The van der Waals surface area contributed by atoms with E-state index in [0.717, 1.165) is 11.0 Å². The smallest absolute Gasteiger partial charge is 0.495 e. The third kappa shape index (κ3) is 3.82. The molecule has 130 valence electrons. The second-order valence-electron chi connectivity index (χ2n) is 6.67. The number of carbonyl (C=O) groups is 1. The van der Waals surface area contributed by atoms with Crippen LogP contribution in [0.5, 0.6) is 5.75 Å². The summed E-state index contributed by atoms with van der Waals surface area (Å²) in [6.07, 6.45) is 3.09. The number of benzene rings is 1. The lowest BCUT2D eigenvalue weighted by molar-refractivity contribution is -0.137. The van der Waals surface area contributed by atoms with Gasteiger partial charge in [0.15, 0.2) is 0 Å². The molecule has 0 aromatic heterocycles. The second kappa shape index (κ2) is 6.99. The third-order valence-electron chi connectivity index (χ3n) is 4.49. The van der Waals surface area contributed by atoms with Crippen LogP contribution in [0, 0.1) is 0 Å². The number of esters is 1. The lowest BCUT2D eigenvalue weighted by atomic mass is 9.75. The molecule has 24 heavy (non-hydrogen) atoms. The zero-order chi connectivity index (χ0) is 18.0. The molecule has 2 rings (SSSR count). The molecule has 0 radical (unpaired) electrons. The summed E-state index contributed by atoms with van der Waals surface area (Å²) in [5, 5.41) is 0. The van der Waals surface area contributed by atoms with Crippen molar-refractivity contribution in [3.8, 4) is 5.75 Å². The van der Waals surface area contributed by atoms with Crippen LogP contribution in [0.1, 0.15) is 40.2 Å². The van der Waals surface area contributed by atoms with Crippen LogP contribution in [0.2, 0.25) is 0 Å². The Labute approximate surface area is 144 Å². The Hall–Kier alpha value is -1.79. The Morgan fingerprint density at radius 2 is 1.83 bits per heavy atom. The number of hydrogen-bond donors (Lipinski definition) is 0. The standard InChI is InChI=1S/C18H25BO5/c1-7-22-16(20)11-8-13-12-14(21-6)9-10-15(13)19-23-17(2,3)18(4,5)24-19/h8-12H,7H2,1-6H3. The van der Waals surface area contributed by atoms with Gasteiger partial charge in [0.05, 0.1) is 24.9 Å². The zero-order valence-electron chi connectivity index (χ0n) is 15.2. The SMILES string of the molecule is CCOC(=O)C=Cc1cc(OC)ccc1B1OC(C)(C)C(C)(C)O1. The molecule has 0 spiro atoms. The van der Waals surface area contributed by atoms with Gasteiger partial charge in [-0.2, -0.15) is 0 Å². The Bertz CT molecular complexity index is 620. The first-order valence-corrected chi connectivity index (χ1v) is 8.08. The number of carbonyl (C=O) groups excluding carboxylic acids is 1. The van der Waals surface area contributed by atoms with Gasteiger partial charge in [-0.05, 0) is 63.9 Å². The molecule has 0 bridgehead atoms. The van der Waals surface area contributed by atoms with Crippen molar-refractivity contribution in [2.75, 3.05) is 13.7 Å². The lowest BCUT2D eigenvalue weighted by Gasteiger charge is -2.32. The van der Waals surface area contributed by atoms with Gasteiger partial charge in [0.2, 0.25) is 0 Å². The highest BCUT2D eigenvalue weighted by Gasteiger charge is 2.52. The first-order valence-electron chi connectivity index (χ1n) is 8.08. The van der Waals surface area contributed by atoms with E-state index in [1.807, 2.05) is 45.9 Å². The Kier molecular flexibility index (Phi) is 5.40. The molecular formula is C18H25BO5. The van der Waals surface area contributed by atoms with Crippen molar-refractivity contribution >= 4 is 24.6 Å². The van der Waals surface area contributed by atoms with E-state index >= 15 is 0 Å². The van der Waals surface area contributed by atoms with Crippen molar-refractivity contribution in [1.29, 1.82) is 0 Å². The van der Waals surface area contributed by atoms with E-state index in [1.54, 1.807) is 20.1 Å². The van der Waals surface area contributed by atoms with E-state index in [0.29, 0.717) is 12.4 Å². The average molecular weight is 332 g/mol. The minimum atomic E-state index is -0.511. The first-order chi connectivity index (χ1) is 11.2. The Morgan fingerprint density at radius 1 is 1.21 bits per heavy atom. The second-order valence-corrected chi connectivity index (χ2v) is 6.67. The highest BCUT2D eigenvalue weighted by molar-refractivity contribution is 6.63. The minimum Gasteiger partial charge on any atom is -0.497 e. The molecule has 0 unspecified atom stereocenters. The van der Waals surface area contributed by atoms with Gasteiger partial charge in [-0.25, -0.2) is 4.79 Å². The van der Waals surface area contributed by atoms with Crippen LogP contribution >= 0.6 is 0 Å². The van der Waals surface area contributed by atoms with Gasteiger partial charge in [-0.3, -0.25) is 0 Å². The average Bonchev–Trinajstić information content (AvgIpc) is 2.73. The van der Waals surface area contributed by atoms with E-state index in [9.17, 15) is 4.79 Å². The highest BCUT2D eigenvalue weighted by atomic mass is 16.7. The fourth-order valence-corrected chi connectivity index (χ4v) is 2.36. The van der Waals surface area contributed by atoms with E-state index in [2.05, 4.69) is 0 Å². The Morgan fingerprint density at radius 3 is 2.38 bits per heavy atom. The summed E-state index contributed by atoms with van der Waals surface area (Å²) in [5.41, 5.74) is 0.773. The fourth-order valence-electron chi connectivity index (χ4n) is 2.36. The van der Waals surface area contributed by atoms with Gasteiger partial charge >= 0.3 is 13.1 Å². The molecule has 1 fully saturated rings. The largest absolute Gasteiger partial charge is 0.497 e. The van der Waals surface area contributed by atoms with Gasteiger partial charge in [-0.1, -0.05) is 6.07 Å². The summed E-state index contributed by atoms with van der Waals surface area (Å²) in [5.74, 6) is 0.305. The van der Waals surface area contributed by atoms with Crippen LogP contribution < -0.4 is 10.2 Å². The molecule has 6 heteroatoms. The van der Waals surface area contributed by atoms with E-state index in [1.165, 1.54) is 6.08 Å². The highest BCUT2D eigenvalue weighted by Crippen LogP contribution is 2.36. The molecule has 1 saturated heterocycles. The molecule has 0 N–H and O–H groups in total. The van der Waals surface area contributed by atoms with Crippen molar-refractivity contribution in [1.82, 2.24) is 0 Å². The van der Waals surface area contributed by atoms with Crippen LogP contribution in [-0.4, -0.2) is 38.0 Å². The lowest BCUT2D eigenvalue weighted by Crippen LogP contribution is -2.41. The summed E-state index contributed by atoms with van der Waals surface area (Å²) < 4.78 is 22.4. The summed E-state index contributed by atoms with van der Waals surface area (Å²) in [4.78, 5) is 11.6. The first kappa shape index (κ1) is 18.6. The summed E-state index contributed by atoms with van der Waals surface area (Å²) in [6.45, 7) is 10.1. The van der Waals surface area contributed by atoms with E-state index in [-0.39, 0.29) is 5.97 Å². The maximum Gasteiger partial charge on any atom is 0.495 e. The van der Waals surface area contributed by atoms with Crippen LogP contribution in [0.3, 0.4) is 0 Å². The topological polar surface area (TPSA) is 54.0 Å². The summed E-state index contributed by atoms with van der Waals surface area (Å²) in [6, 6.07) is 5.59. The van der Waals surface area contributed by atoms with Crippen molar-refractivity contribution in [2.45, 2.75) is 45.8 Å². The minimum absolute atomic E-state index is 0.339. The van der Waals surface area contributed by atoms with Gasteiger partial charge in [0.25, 0.3) is 0 Å². The van der Waals surface area contributed by atoms with Crippen molar-refractivity contribution < 1.29 is 23.6 Å². The molecule has 0 atom stereocenters. The van der Waals surface area contributed by atoms with Crippen molar-refractivity contribution in [3.05, 3.63) is 29.8 Å². The van der Waals surface area contributed by atoms with Gasteiger partial charge in [0.1, 0.15) is 5.75 Å². The van der Waals surface area contributed by atoms with Crippen LogP contribution in [0.15, 0.2) is 24.3 Å². The van der Waals surface area contributed by atoms with Crippen molar-refractivity contribution in [3.63, 3.8) is 0 Å². The normalized spacial score (nSPS) is 18.8. The maximum absolute atomic E-state index is 11.6. The van der Waals surface area contributed by atoms with Crippen LogP contribution in [0.4, 0.5) is 0 Å². The number of hydrogen-bond acceptors (Lipinski definition) is 5. The number of rotatable bonds is 5. The van der Waals surface area contributed by atoms with Gasteiger partial charge < -0.3 is 18.8 Å². The quantitative estimate of drug-likeness (QED) is 0.471. The molecule has 0 amide bonds. The number of ether oxygens (including phenoxy) is 2.